The van der Waals surface area contributed by atoms with Gasteiger partial charge in [-0.25, -0.2) is 36.2 Å². The SMILES string of the molecule is O=S(=O)(N[C@@H]1CCCC[C@H]1NS(=O)(=O)c1nc2ccccc2s1)c1nc2ccccc2s1. The van der Waals surface area contributed by atoms with Gasteiger partial charge in [0.15, 0.2) is 0 Å². The van der Waals surface area contributed by atoms with E-state index in [0.717, 1.165) is 44.9 Å². The zero-order chi connectivity index (χ0) is 22.3. The van der Waals surface area contributed by atoms with Crippen LogP contribution in [0.1, 0.15) is 25.7 Å². The lowest BCUT2D eigenvalue weighted by Crippen LogP contribution is -2.52. The van der Waals surface area contributed by atoms with Gasteiger partial charge < -0.3 is 0 Å². The normalized spacial score (nSPS) is 20.1. The lowest BCUT2D eigenvalue weighted by Gasteiger charge is -2.31. The molecule has 32 heavy (non-hydrogen) atoms. The van der Waals surface area contributed by atoms with E-state index < -0.39 is 32.1 Å². The number of nitrogens with one attached hydrogen (secondary N) is 2. The molecule has 1 fully saturated rings. The zero-order valence-electron chi connectivity index (χ0n) is 16.8. The molecule has 2 aromatic carbocycles. The monoisotopic (exact) mass is 508 g/mol. The first-order chi connectivity index (χ1) is 15.3. The molecule has 0 aliphatic heterocycles. The van der Waals surface area contributed by atoms with Crippen LogP contribution in [-0.4, -0.2) is 38.9 Å². The van der Waals surface area contributed by atoms with Crippen LogP contribution >= 0.6 is 22.7 Å². The Morgan fingerprint density at radius 3 is 1.50 bits per heavy atom. The van der Waals surface area contributed by atoms with Crippen molar-refractivity contribution in [3.63, 3.8) is 0 Å². The topological polar surface area (TPSA) is 118 Å². The molecule has 1 saturated carbocycles. The highest BCUT2D eigenvalue weighted by Gasteiger charge is 2.34. The number of hydrogen-bond donors (Lipinski definition) is 2. The Kier molecular flexibility index (Phi) is 5.76. The predicted molar refractivity (Wildman–Crippen MR) is 126 cm³/mol. The Labute approximate surface area is 193 Å². The van der Waals surface area contributed by atoms with Crippen molar-refractivity contribution in [3.8, 4) is 0 Å². The highest BCUT2D eigenvalue weighted by atomic mass is 32.3. The average molecular weight is 509 g/mol. The van der Waals surface area contributed by atoms with Crippen LogP contribution < -0.4 is 9.44 Å². The van der Waals surface area contributed by atoms with Gasteiger partial charge in [-0.05, 0) is 37.1 Å². The summed E-state index contributed by atoms with van der Waals surface area (Å²) in [4.78, 5) is 8.48. The third kappa shape index (κ3) is 4.30. The molecule has 2 aromatic heterocycles. The molecule has 5 rings (SSSR count). The standard InChI is InChI=1S/C20H20N4O4S4/c25-31(26,19-21-15-9-3-5-11-17(15)29-19)23-13-7-1-2-8-14(13)24-32(27,28)20-22-16-10-4-6-12-18(16)30-20/h3-6,9-14,23-24H,1-2,7-8H2/t13-,14-/m1/s1. The van der Waals surface area contributed by atoms with Gasteiger partial charge in [-0.15, -0.1) is 22.7 Å². The zero-order valence-corrected chi connectivity index (χ0v) is 20.0. The van der Waals surface area contributed by atoms with Crippen molar-refractivity contribution in [3.05, 3.63) is 48.5 Å². The summed E-state index contributed by atoms with van der Waals surface area (Å²) in [6.45, 7) is 0. The Balaban J connectivity index is 1.38. The van der Waals surface area contributed by atoms with Crippen LogP contribution in [0, 0.1) is 0 Å². The van der Waals surface area contributed by atoms with E-state index in [9.17, 15) is 16.8 Å². The van der Waals surface area contributed by atoms with Gasteiger partial charge in [0.25, 0.3) is 20.0 Å². The molecule has 0 amide bonds. The molecule has 0 bridgehead atoms. The fourth-order valence-electron chi connectivity index (χ4n) is 3.84. The Hall–Kier alpha value is -1.96. The molecule has 2 heterocycles. The minimum absolute atomic E-state index is 0.0166. The molecule has 0 radical (unpaired) electrons. The summed E-state index contributed by atoms with van der Waals surface area (Å²) in [5, 5.41) is 0. The summed E-state index contributed by atoms with van der Waals surface area (Å²) < 4.78 is 59.0. The molecule has 4 aromatic rings. The first-order valence-corrected chi connectivity index (χ1v) is 14.7. The van der Waals surface area contributed by atoms with E-state index >= 15 is 0 Å². The number of hydrogen-bond acceptors (Lipinski definition) is 8. The predicted octanol–water partition coefficient (Wildman–Crippen LogP) is 3.47. The fourth-order valence-corrected chi connectivity index (χ4v) is 8.94. The maximum atomic E-state index is 13.0. The van der Waals surface area contributed by atoms with Gasteiger partial charge >= 0.3 is 0 Å². The quantitative estimate of drug-likeness (QED) is 0.412. The van der Waals surface area contributed by atoms with E-state index in [1.807, 2.05) is 24.3 Å². The minimum Gasteiger partial charge on any atom is -0.224 e. The van der Waals surface area contributed by atoms with Gasteiger partial charge in [-0.3, -0.25) is 0 Å². The van der Waals surface area contributed by atoms with Crippen molar-refractivity contribution < 1.29 is 16.8 Å². The van der Waals surface area contributed by atoms with E-state index in [0.29, 0.717) is 23.9 Å². The van der Waals surface area contributed by atoms with E-state index in [1.54, 1.807) is 24.3 Å². The molecular weight excluding hydrogens is 489 g/mol. The maximum Gasteiger partial charge on any atom is 0.268 e. The van der Waals surface area contributed by atoms with Gasteiger partial charge in [0.1, 0.15) is 0 Å². The molecule has 1 aliphatic carbocycles. The van der Waals surface area contributed by atoms with Crippen LogP contribution in [0.3, 0.4) is 0 Å². The number of rotatable bonds is 6. The Morgan fingerprint density at radius 1 is 0.688 bits per heavy atom. The van der Waals surface area contributed by atoms with Crippen LogP contribution in [0.5, 0.6) is 0 Å². The summed E-state index contributed by atoms with van der Waals surface area (Å²) in [5.41, 5.74) is 1.24. The molecule has 1 aliphatic rings. The van der Waals surface area contributed by atoms with Gasteiger partial charge in [-0.1, -0.05) is 37.1 Å². The maximum absolute atomic E-state index is 13.0. The van der Waals surface area contributed by atoms with Gasteiger partial charge in [0, 0.05) is 12.1 Å². The van der Waals surface area contributed by atoms with Crippen molar-refractivity contribution in [2.75, 3.05) is 0 Å². The second-order valence-corrected chi connectivity index (χ2v) is 13.5. The lowest BCUT2D eigenvalue weighted by molar-refractivity contribution is 0.340. The summed E-state index contributed by atoms with van der Waals surface area (Å²) in [5.74, 6) is 0. The van der Waals surface area contributed by atoms with Gasteiger partial charge in [-0.2, -0.15) is 0 Å². The second-order valence-electron chi connectivity index (χ2n) is 7.64. The third-order valence-corrected chi connectivity index (χ3v) is 11.2. The van der Waals surface area contributed by atoms with Gasteiger partial charge in [0.2, 0.25) is 8.68 Å². The van der Waals surface area contributed by atoms with Crippen molar-refractivity contribution in [2.45, 2.75) is 46.4 Å². The largest absolute Gasteiger partial charge is 0.268 e. The fraction of sp³-hybridized carbons (Fsp3) is 0.300. The summed E-state index contributed by atoms with van der Waals surface area (Å²) in [6, 6.07) is 13.3. The van der Waals surface area contributed by atoms with Crippen LogP contribution in [0.25, 0.3) is 20.4 Å². The first-order valence-electron chi connectivity index (χ1n) is 10.1. The van der Waals surface area contributed by atoms with E-state index in [-0.39, 0.29) is 8.68 Å². The smallest absolute Gasteiger partial charge is 0.224 e. The molecule has 168 valence electrons. The van der Waals surface area contributed by atoms with Crippen LogP contribution in [-0.2, 0) is 20.0 Å². The van der Waals surface area contributed by atoms with Crippen molar-refractivity contribution in [1.29, 1.82) is 0 Å². The van der Waals surface area contributed by atoms with E-state index in [4.69, 9.17) is 0 Å². The summed E-state index contributed by atoms with van der Waals surface area (Å²) in [7, 11) is -7.77. The van der Waals surface area contributed by atoms with Crippen LogP contribution in [0.4, 0.5) is 0 Å². The van der Waals surface area contributed by atoms with Crippen LogP contribution in [0.15, 0.2) is 57.2 Å². The molecule has 8 nitrogen and oxygen atoms in total. The van der Waals surface area contributed by atoms with Crippen LogP contribution in [0.2, 0.25) is 0 Å². The molecule has 2 N–H and O–H groups in total. The summed E-state index contributed by atoms with van der Waals surface area (Å²) in [6.07, 6.45) is 2.70. The molecule has 0 spiro atoms. The first kappa shape index (κ1) is 21.9. The number of nitrogens with zero attached hydrogens (tertiary/aromatic N) is 2. The molecule has 12 heteroatoms. The van der Waals surface area contributed by atoms with Crippen molar-refractivity contribution >= 4 is 63.2 Å². The number of thiazole rings is 2. The van der Waals surface area contributed by atoms with Gasteiger partial charge in [0.05, 0.1) is 20.4 Å². The second kappa shape index (κ2) is 8.43. The highest BCUT2D eigenvalue weighted by molar-refractivity contribution is 7.92. The molecule has 0 saturated heterocycles. The molecular formula is C20H20N4O4S4. The lowest BCUT2D eigenvalue weighted by atomic mass is 9.92. The Morgan fingerprint density at radius 2 is 1.09 bits per heavy atom. The molecule has 2 atom stereocenters. The number of sulfonamides is 2. The molecule has 0 unspecified atom stereocenters. The van der Waals surface area contributed by atoms with E-state index in [2.05, 4.69) is 19.4 Å². The number of fused-ring (bicyclic) bond motifs is 2. The number of para-hydroxylation sites is 2. The third-order valence-electron chi connectivity index (χ3n) is 5.39. The number of aromatic nitrogens is 2. The highest BCUT2D eigenvalue weighted by Crippen LogP contribution is 2.29. The average Bonchev–Trinajstić information content (AvgIpc) is 3.40. The van der Waals surface area contributed by atoms with Crippen molar-refractivity contribution in [1.82, 2.24) is 19.4 Å². The minimum atomic E-state index is -3.89. The summed E-state index contributed by atoms with van der Waals surface area (Å²) >= 11 is 2.20. The Bertz CT molecular complexity index is 1310. The van der Waals surface area contributed by atoms with Crippen molar-refractivity contribution in [2.24, 2.45) is 0 Å². The van der Waals surface area contributed by atoms with E-state index in [1.165, 1.54) is 0 Å². The number of benzene rings is 2.